The first-order valence-electron chi connectivity index (χ1n) is 4.99. The number of alkyl halides is 3. The Hall–Kier alpha value is -1.28. The summed E-state index contributed by atoms with van der Waals surface area (Å²) in [6.07, 6.45) is -3.02. The largest absolute Gasteiger partial charge is 1.00 e. The Labute approximate surface area is 121 Å². The molecular formula is C11H10BrF3N2OS. The molecule has 0 saturated heterocycles. The summed E-state index contributed by atoms with van der Waals surface area (Å²) < 4.78 is 42.5. The van der Waals surface area contributed by atoms with E-state index >= 15 is 0 Å². The second-order valence-corrected chi connectivity index (χ2v) is 4.58. The summed E-state index contributed by atoms with van der Waals surface area (Å²) in [7, 11) is 0. The summed E-state index contributed by atoms with van der Waals surface area (Å²) in [5.74, 6) is -0.248. The Morgan fingerprint density at radius 1 is 1.42 bits per heavy atom. The predicted molar refractivity (Wildman–Crippen MR) is 63.3 cm³/mol. The first-order valence-corrected chi connectivity index (χ1v) is 5.81. The van der Waals surface area contributed by atoms with Crippen molar-refractivity contribution in [3.05, 3.63) is 30.9 Å². The Morgan fingerprint density at radius 3 is 2.68 bits per heavy atom. The molecule has 0 radical (unpaired) electrons. The molecule has 0 fully saturated rings. The molecule has 8 heteroatoms. The van der Waals surface area contributed by atoms with Crippen molar-refractivity contribution >= 4 is 26.7 Å². The second kappa shape index (κ2) is 5.79. The van der Waals surface area contributed by atoms with Crippen molar-refractivity contribution in [1.29, 1.82) is 0 Å². The number of thiazole rings is 1. The average molecular weight is 355 g/mol. The quantitative estimate of drug-likeness (QED) is 0.615. The van der Waals surface area contributed by atoms with Gasteiger partial charge in [-0.2, -0.15) is 0 Å². The van der Waals surface area contributed by atoms with Crippen molar-refractivity contribution in [1.82, 2.24) is 0 Å². The van der Waals surface area contributed by atoms with Crippen LogP contribution in [0.25, 0.3) is 10.2 Å². The fourth-order valence-corrected chi connectivity index (χ4v) is 2.57. The molecule has 2 aromatic rings. The summed E-state index contributed by atoms with van der Waals surface area (Å²) in [6.45, 7) is 4.11. The molecule has 0 amide bonds. The third kappa shape index (κ3) is 3.60. The van der Waals surface area contributed by atoms with Crippen LogP contribution in [0.15, 0.2) is 30.9 Å². The van der Waals surface area contributed by atoms with Gasteiger partial charge in [-0.3, -0.25) is 5.73 Å². The minimum atomic E-state index is -4.69. The summed E-state index contributed by atoms with van der Waals surface area (Å²) in [4.78, 5) is 0. The molecule has 0 unspecified atom stereocenters. The summed E-state index contributed by atoms with van der Waals surface area (Å²) >= 11 is 1.20. The van der Waals surface area contributed by atoms with E-state index in [2.05, 4.69) is 11.3 Å². The van der Waals surface area contributed by atoms with E-state index in [0.29, 0.717) is 16.4 Å². The highest BCUT2D eigenvalue weighted by atomic mass is 79.9. The van der Waals surface area contributed by atoms with Gasteiger partial charge in [-0.25, -0.2) is 4.57 Å². The van der Waals surface area contributed by atoms with Crippen molar-refractivity contribution in [3.8, 4) is 5.75 Å². The fourth-order valence-electron chi connectivity index (χ4n) is 1.60. The van der Waals surface area contributed by atoms with E-state index in [4.69, 9.17) is 5.73 Å². The lowest BCUT2D eigenvalue weighted by molar-refractivity contribution is -0.642. The highest BCUT2D eigenvalue weighted by molar-refractivity contribution is 7.21. The van der Waals surface area contributed by atoms with Crippen LogP contribution in [0.4, 0.5) is 18.3 Å². The van der Waals surface area contributed by atoms with Gasteiger partial charge in [0.05, 0.1) is 4.70 Å². The monoisotopic (exact) mass is 354 g/mol. The van der Waals surface area contributed by atoms with Gasteiger partial charge in [0.2, 0.25) is 0 Å². The molecule has 3 nitrogen and oxygen atoms in total. The van der Waals surface area contributed by atoms with Crippen molar-refractivity contribution < 1.29 is 39.5 Å². The summed E-state index contributed by atoms with van der Waals surface area (Å²) in [6, 6.07) is 4.14. The molecule has 2 rings (SSSR count). The lowest BCUT2D eigenvalue weighted by atomic mass is 10.3. The number of nitrogens with zero attached hydrogens (tertiary/aromatic N) is 1. The van der Waals surface area contributed by atoms with Crippen molar-refractivity contribution in [2.24, 2.45) is 0 Å². The molecule has 1 aromatic heterocycles. The highest BCUT2D eigenvalue weighted by Crippen LogP contribution is 2.29. The van der Waals surface area contributed by atoms with E-state index in [1.54, 1.807) is 16.7 Å². The van der Waals surface area contributed by atoms with Crippen LogP contribution in [0.3, 0.4) is 0 Å². The lowest BCUT2D eigenvalue weighted by Gasteiger charge is -2.07. The third-order valence-electron chi connectivity index (χ3n) is 2.25. The standard InChI is InChI=1S/C11H9F3N2OS.BrH/c1-2-5-16-8-4-3-7(17-11(12,13)14)6-9(8)18-10(16)15;/h2-4,6,15H,1,5H2;1H. The minimum Gasteiger partial charge on any atom is -1.00 e. The molecule has 0 bridgehead atoms. The maximum absolute atomic E-state index is 12.1. The van der Waals surface area contributed by atoms with Crippen LogP contribution in [0.5, 0.6) is 5.75 Å². The van der Waals surface area contributed by atoms with Gasteiger partial charge in [0.15, 0.2) is 0 Å². The van der Waals surface area contributed by atoms with Crippen LogP contribution in [0.1, 0.15) is 0 Å². The van der Waals surface area contributed by atoms with Crippen molar-refractivity contribution in [3.63, 3.8) is 0 Å². The van der Waals surface area contributed by atoms with E-state index in [0.717, 1.165) is 5.52 Å². The molecule has 2 N–H and O–H groups in total. The van der Waals surface area contributed by atoms with Gasteiger partial charge in [0.25, 0.3) is 0 Å². The zero-order valence-corrected chi connectivity index (χ0v) is 12.0. The molecule has 1 aromatic carbocycles. The molecule has 104 valence electrons. The van der Waals surface area contributed by atoms with Crippen LogP contribution in [-0.2, 0) is 6.54 Å². The van der Waals surface area contributed by atoms with E-state index in [1.165, 1.54) is 23.5 Å². The zero-order chi connectivity index (χ0) is 13.3. The van der Waals surface area contributed by atoms with E-state index in [9.17, 15) is 13.2 Å². The van der Waals surface area contributed by atoms with Crippen LogP contribution in [-0.4, -0.2) is 6.36 Å². The number of benzene rings is 1. The topological polar surface area (TPSA) is 39.1 Å². The number of halogens is 4. The number of ether oxygens (including phenoxy) is 1. The molecule has 1 heterocycles. The number of nitrogen functional groups attached to an aromatic ring is 1. The minimum absolute atomic E-state index is 0. The number of allylic oxidation sites excluding steroid dienone is 1. The number of anilines is 1. The fraction of sp³-hybridized carbons (Fsp3) is 0.182. The van der Waals surface area contributed by atoms with Crippen LogP contribution < -0.4 is 32.0 Å². The van der Waals surface area contributed by atoms with Gasteiger partial charge in [0.1, 0.15) is 17.8 Å². The van der Waals surface area contributed by atoms with Gasteiger partial charge in [-0.15, -0.1) is 13.2 Å². The van der Waals surface area contributed by atoms with Crippen LogP contribution in [0.2, 0.25) is 0 Å². The van der Waals surface area contributed by atoms with Gasteiger partial charge in [0, 0.05) is 6.07 Å². The van der Waals surface area contributed by atoms with Crippen LogP contribution >= 0.6 is 11.3 Å². The Balaban J connectivity index is 0.00000180. The van der Waals surface area contributed by atoms with Gasteiger partial charge < -0.3 is 21.7 Å². The summed E-state index contributed by atoms with van der Waals surface area (Å²) in [5, 5.41) is 0.508. The number of hydrogen-bond donors (Lipinski definition) is 1. The molecule has 19 heavy (non-hydrogen) atoms. The van der Waals surface area contributed by atoms with Gasteiger partial charge >= 0.3 is 11.5 Å². The van der Waals surface area contributed by atoms with Crippen LogP contribution in [0, 0.1) is 0 Å². The predicted octanol–water partition coefficient (Wildman–Crippen LogP) is -0.140. The molecule has 0 atom stereocenters. The molecule has 0 aliphatic heterocycles. The smallest absolute Gasteiger partial charge is 0.573 e. The first-order chi connectivity index (χ1) is 8.40. The maximum Gasteiger partial charge on any atom is 0.573 e. The zero-order valence-electron chi connectivity index (χ0n) is 9.58. The third-order valence-corrected chi connectivity index (χ3v) is 3.22. The number of aromatic nitrogens is 1. The number of hydrogen-bond acceptors (Lipinski definition) is 3. The SMILES string of the molecule is C=CC[n+]1c(N)sc2cc(OC(F)(F)F)ccc21.[Br-]. The van der Waals surface area contributed by atoms with E-state index < -0.39 is 6.36 Å². The van der Waals surface area contributed by atoms with E-state index in [1.807, 2.05) is 0 Å². The molecule has 0 aliphatic rings. The molecule has 0 spiro atoms. The van der Waals surface area contributed by atoms with Gasteiger partial charge in [-0.05, 0) is 23.5 Å². The normalized spacial score (nSPS) is 11.1. The molecule has 0 aliphatic carbocycles. The van der Waals surface area contributed by atoms with Crippen molar-refractivity contribution in [2.45, 2.75) is 12.9 Å². The average Bonchev–Trinajstić information content (AvgIpc) is 2.53. The second-order valence-electron chi connectivity index (χ2n) is 3.52. The number of fused-ring (bicyclic) bond motifs is 1. The van der Waals surface area contributed by atoms with Crippen molar-refractivity contribution in [2.75, 3.05) is 5.73 Å². The number of nitrogens with two attached hydrogens (primary N) is 1. The first kappa shape index (κ1) is 15.8. The Morgan fingerprint density at radius 2 is 2.11 bits per heavy atom. The van der Waals surface area contributed by atoms with E-state index in [-0.39, 0.29) is 22.7 Å². The summed E-state index contributed by atoms with van der Waals surface area (Å²) in [5.41, 5.74) is 6.54. The van der Waals surface area contributed by atoms with Gasteiger partial charge in [-0.1, -0.05) is 12.7 Å². The lowest BCUT2D eigenvalue weighted by Crippen LogP contribution is -3.00. The molecular weight excluding hydrogens is 345 g/mol. The molecule has 0 saturated carbocycles. The Bertz CT molecular complexity index is 597. The Kier molecular flexibility index (Phi) is 4.81. The highest BCUT2D eigenvalue weighted by Gasteiger charge is 2.31. The number of rotatable bonds is 3. The maximum atomic E-state index is 12.1.